The first-order valence-electron chi connectivity index (χ1n) is 8.29. The number of carboxylic acid groups (broad SMARTS) is 1. The summed E-state index contributed by atoms with van der Waals surface area (Å²) in [5.41, 5.74) is 2.90. The van der Waals surface area contributed by atoms with Crippen molar-refractivity contribution < 1.29 is 14.6 Å². The third kappa shape index (κ3) is 4.33. The van der Waals surface area contributed by atoms with Crippen LogP contribution in [0, 0.1) is 10.6 Å². The molecule has 0 spiro atoms. The number of hydrogen-bond donors (Lipinski definition) is 1. The molecule has 3 aromatic rings. The summed E-state index contributed by atoms with van der Waals surface area (Å²) in [6.07, 6.45) is -1.12. The number of carboxylic acids is 1. The molecule has 2 heterocycles. The minimum atomic E-state index is -1.12. The first-order chi connectivity index (χ1) is 12.6. The highest BCUT2D eigenvalue weighted by Gasteiger charge is 2.31. The van der Waals surface area contributed by atoms with Crippen LogP contribution in [0.25, 0.3) is 16.9 Å². The number of halogens is 2. The Morgan fingerprint density at radius 1 is 1.33 bits per heavy atom. The Labute approximate surface area is 179 Å². The van der Waals surface area contributed by atoms with Gasteiger partial charge in [0.2, 0.25) is 0 Å². The number of aliphatic carboxylic acids is 1. The second-order valence-corrected chi connectivity index (χ2v) is 9.10. The van der Waals surface area contributed by atoms with E-state index in [0.29, 0.717) is 20.6 Å². The van der Waals surface area contributed by atoms with Gasteiger partial charge in [0, 0.05) is 27.4 Å². The highest BCUT2D eigenvalue weighted by Crippen LogP contribution is 2.31. The van der Waals surface area contributed by atoms with Crippen molar-refractivity contribution >= 4 is 50.1 Å². The quantitative estimate of drug-likeness (QED) is 0.369. The molecule has 0 amide bonds. The van der Waals surface area contributed by atoms with Gasteiger partial charge >= 0.3 is 5.97 Å². The molecule has 0 aliphatic carbocycles. The zero-order valence-electron chi connectivity index (χ0n) is 15.3. The maximum absolute atomic E-state index is 11.9. The fourth-order valence-corrected chi connectivity index (χ4v) is 4.19. The fourth-order valence-electron chi connectivity index (χ4n) is 2.76. The molecule has 0 unspecified atom stereocenters. The number of ether oxygens (including phenoxy) is 1. The molecule has 0 saturated heterocycles. The van der Waals surface area contributed by atoms with E-state index in [9.17, 15) is 9.90 Å². The largest absolute Gasteiger partial charge is 0.479 e. The third-order valence-electron chi connectivity index (χ3n) is 3.85. The molecule has 0 bridgehead atoms. The normalized spacial score (nSPS) is 13.1. The van der Waals surface area contributed by atoms with Crippen LogP contribution in [0.4, 0.5) is 0 Å². The van der Waals surface area contributed by atoms with Crippen molar-refractivity contribution in [1.29, 1.82) is 0 Å². The number of carbonyl (C=O) groups is 1. The second kappa shape index (κ2) is 7.48. The van der Waals surface area contributed by atoms with Gasteiger partial charge in [0.1, 0.15) is 3.70 Å². The van der Waals surface area contributed by atoms with E-state index in [1.807, 2.05) is 51.1 Å². The van der Waals surface area contributed by atoms with Gasteiger partial charge in [-0.15, -0.1) is 0 Å². The number of benzene rings is 1. The number of rotatable bonds is 4. The molecular weight excluding hydrogens is 525 g/mol. The molecule has 3 rings (SSSR count). The van der Waals surface area contributed by atoms with Gasteiger partial charge in [-0.1, -0.05) is 28.1 Å². The molecule has 1 atom stereocenters. The lowest BCUT2D eigenvalue weighted by molar-refractivity contribution is -0.160. The van der Waals surface area contributed by atoms with Gasteiger partial charge in [0.05, 0.1) is 11.3 Å². The third-order valence-corrected chi connectivity index (χ3v) is 5.38. The molecule has 8 heteroatoms. The summed E-state index contributed by atoms with van der Waals surface area (Å²) in [5.74, 6) is -1.05. The van der Waals surface area contributed by atoms with Crippen molar-refractivity contribution in [1.82, 2.24) is 14.6 Å². The molecule has 1 aromatic carbocycles. The minimum absolute atomic E-state index is 0.523. The Kier molecular flexibility index (Phi) is 5.60. The highest BCUT2D eigenvalue weighted by atomic mass is 127. The topological polar surface area (TPSA) is 76.7 Å². The zero-order valence-corrected chi connectivity index (χ0v) is 19.1. The van der Waals surface area contributed by atoms with E-state index in [1.54, 1.807) is 11.4 Å². The summed E-state index contributed by atoms with van der Waals surface area (Å²) < 4.78 is 9.11. The molecule has 0 radical (unpaired) electrons. The van der Waals surface area contributed by atoms with Gasteiger partial charge < -0.3 is 9.84 Å². The van der Waals surface area contributed by atoms with Gasteiger partial charge in [-0.05, 0) is 62.4 Å². The number of fused-ring (bicyclic) bond motifs is 1. The van der Waals surface area contributed by atoms with Crippen LogP contribution in [0.2, 0.25) is 0 Å². The second-order valence-electron chi connectivity index (χ2n) is 7.16. The van der Waals surface area contributed by atoms with Crippen LogP contribution in [0.5, 0.6) is 0 Å². The van der Waals surface area contributed by atoms with Crippen molar-refractivity contribution in [3.63, 3.8) is 0 Å². The van der Waals surface area contributed by atoms with Gasteiger partial charge in [-0.2, -0.15) is 5.10 Å². The Balaban J connectivity index is 2.17. The lowest BCUT2D eigenvalue weighted by atomic mass is 10.1. The van der Waals surface area contributed by atoms with Gasteiger partial charge in [-0.25, -0.2) is 14.3 Å². The predicted octanol–water partition coefficient (Wildman–Crippen LogP) is 5.01. The standard InChI is InChI=1S/C19H19BrIN3O3/c1-10-15(16(18(25)26)27-19(2,3)4)17(21)24-14(22-10)9-13(23-24)11-6-5-7-12(20)8-11/h5-9,16H,1-4H3,(H,25,26)/t16-/m0/s1. The van der Waals surface area contributed by atoms with Crippen LogP contribution >= 0.6 is 38.5 Å². The molecule has 6 nitrogen and oxygen atoms in total. The number of hydrogen-bond acceptors (Lipinski definition) is 4. The lowest BCUT2D eigenvalue weighted by Gasteiger charge is -2.26. The minimum Gasteiger partial charge on any atom is -0.479 e. The van der Waals surface area contributed by atoms with Gasteiger partial charge in [-0.3, -0.25) is 0 Å². The predicted molar refractivity (Wildman–Crippen MR) is 115 cm³/mol. The Hall–Kier alpha value is -1.52. The molecule has 2 aromatic heterocycles. The molecule has 1 N–H and O–H groups in total. The molecule has 0 saturated carbocycles. The summed E-state index contributed by atoms with van der Waals surface area (Å²) in [7, 11) is 0. The van der Waals surface area contributed by atoms with Crippen LogP contribution in [-0.2, 0) is 9.53 Å². The number of nitrogens with zero attached hydrogens (tertiary/aromatic N) is 3. The van der Waals surface area contributed by atoms with Crippen LogP contribution in [0.15, 0.2) is 34.8 Å². The summed E-state index contributed by atoms with van der Waals surface area (Å²) in [4.78, 5) is 16.5. The van der Waals surface area contributed by atoms with Gasteiger partial charge in [0.15, 0.2) is 11.8 Å². The average molecular weight is 544 g/mol. The highest BCUT2D eigenvalue weighted by molar-refractivity contribution is 14.1. The fraction of sp³-hybridized carbons (Fsp3) is 0.316. The summed E-state index contributed by atoms with van der Waals surface area (Å²) in [6, 6.07) is 9.73. The van der Waals surface area contributed by atoms with Crippen LogP contribution in [-0.4, -0.2) is 31.3 Å². The molecule has 0 fully saturated rings. The van der Waals surface area contributed by atoms with E-state index >= 15 is 0 Å². The van der Waals surface area contributed by atoms with E-state index in [4.69, 9.17) is 4.74 Å². The monoisotopic (exact) mass is 543 g/mol. The first kappa shape index (κ1) is 20.2. The molecule has 0 aliphatic heterocycles. The lowest BCUT2D eigenvalue weighted by Crippen LogP contribution is -2.29. The SMILES string of the molecule is Cc1nc2cc(-c3cccc(Br)c3)nn2c(I)c1[C@H](OC(C)(C)C)C(=O)O. The molecule has 142 valence electrons. The van der Waals surface area contributed by atoms with E-state index in [2.05, 4.69) is 48.6 Å². The average Bonchev–Trinajstić information content (AvgIpc) is 2.97. The van der Waals surface area contributed by atoms with E-state index in [-0.39, 0.29) is 0 Å². The van der Waals surface area contributed by atoms with E-state index < -0.39 is 17.7 Å². The van der Waals surface area contributed by atoms with E-state index in [1.165, 1.54) is 0 Å². The number of aromatic nitrogens is 3. The first-order valence-corrected chi connectivity index (χ1v) is 10.2. The summed E-state index contributed by atoms with van der Waals surface area (Å²) in [5, 5.41) is 14.4. The summed E-state index contributed by atoms with van der Waals surface area (Å²) in [6.45, 7) is 7.29. The smallest absolute Gasteiger partial charge is 0.337 e. The van der Waals surface area contributed by atoms with Crippen molar-refractivity contribution in [2.24, 2.45) is 0 Å². The number of aryl methyl sites for hydroxylation is 1. The van der Waals surface area contributed by atoms with Crippen LogP contribution < -0.4 is 0 Å². The van der Waals surface area contributed by atoms with Crippen LogP contribution in [0.1, 0.15) is 38.1 Å². The van der Waals surface area contributed by atoms with Gasteiger partial charge in [0.25, 0.3) is 0 Å². The summed E-state index contributed by atoms with van der Waals surface area (Å²) >= 11 is 5.58. The van der Waals surface area contributed by atoms with Crippen molar-refractivity contribution in [2.45, 2.75) is 39.4 Å². The zero-order chi connectivity index (χ0) is 19.9. The van der Waals surface area contributed by atoms with Crippen LogP contribution in [0.3, 0.4) is 0 Å². The molecule has 0 aliphatic rings. The maximum Gasteiger partial charge on any atom is 0.337 e. The Morgan fingerprint density at radius 3 is 2.63 bits per heavy atom. The van der Waals surface area contributed by atoms with Crippen molar-refractivity contribution in [3.05, 3.63) is 49.8 Å². The Bertz CT molecular complexity index is 1030. The van der Waals surface area contributed by atoms with Crippen molar-refractivity contribution in [3.8, 4) is 11.3 Å². The van der Waals surface area contributed by atoms with E-state index in [0.717, 1.165) is 15.7 Å². The molecule has 27 heavy (non-hydrogen) atoms. The molecular formula is C19H19BrIN3O3. The maximum atomic E-state index is 11.9. The Morgan fingerprint density at radius 2 is 2.04 bits per heavy atom. The van der Waals surface area contributed by atoms with Crippen molar-refractivity contribution in [2.75, 3.05) is 0 Å².